The molecule has 1 saturated heterocycles. The molecule has 1 aliphatic rings. The summed E-state index contributed by atoms with van der Waals surface area (Å²) in [6.45, 7) is 2.53. The highest BCUT2D eigenvalue weighted by Crippen LogP contribution is 2.18. The predicted molar refractivity (Wildman–Crippen MR) is 71.5 cm³/mol. The molecule has 1 aromatic rings. The van der Waals surface area contributed by atoms with Crippen molar-refractivity contribution in [2.24, 2.45) is 0 Å². The number of hydrogen-bond donors (Lipinski definition) is 1. The summed E-state index contributed by atoms with van der Waals surface area (Å²) < 4.78 is 5.36. The van der Waals surface area contributed by atoms with Gasteiger partial charge in [0.15, 0.2) is 6.29 Å². The van der Waals surface area contributed by atoms with Gasteiger partial charge < -0.3 is 10.5 Å². The number of aldehydes is 1. The van der Waals surface area contributed by atoms with Crippen LogP contribution in [0.25, 0.3) is 0 Å². The Labute approximate surface area is 108 Å². The first-order valence-corrected chi connectivity index (χ1v) is 6.32. The lowest BCUT2D eigenvalue weighted by Gasteiger charge is -2.31. The SMILES string of the molecule is CN(Cc1ccc(N)c(C=O)c1)C1CCOCC1. The lowest BCUT2D eigenvalue weighted by molar-refractivity contribution is 0.0407. The number of nitrogens with two attached hydrogens (primary N) is 1. The molecule has 0 radical (unpaired) electrons. The maximum atomic E-state index is 10.9. The number of benzene rings is 1. The Hall–Kier alpha value is -1.39. The van der Waals surface area contributed by atoms with E-state index in [1.165, 1.54) is 0 Å². The van der Waals surface area contributed by atoms with Gasteiger partial charge in [-0.15, -0.1) is 0 Å². The Bertz CT molecular complexity index is 414. The summed E-state index contributed by atoms with van der Waals surface area (Å²) >= 11 is 0. The molecule has 2 rings (SSSR count). The van der Waals surface area contributed by atoms with Crippen molar-refractivity contribution in [2.45, 2.75) is 25.4 Å². The van der Waals surface area contributed by atoms with Gasteiger partial charge in [0.25, 0.3) is 0 Å². The molecule has 0 amide bonds. The topological polar surface area (TPSA) is 55.6 Å². The van der Waals surface area contributed by atoms with E-state index in [-0.39, 0.29) is 0 Å². The van der Waals surface area contributed by atoms with Crippen LogP contribution in [0.4, 0.5) is 5.69 Å². The number of ether oxygens (including phenoxy) is 1. The fraction of sp³-hybridized carbons (Fsp3) is 0.500. The number of nitrogen functional groups attached to an aromatic ring is 1. The Balaban J connectivity index is 2.01. The van der Waals surface area contributed by atoms with Gasteiger partial charge in [-0.05, 0) is 37.6 Å². The first-order chi connectivity index (χ1) is 8.70. The molecule has 0 atom stereocenters. The monoisotopic (exact) mass is 248 g/mol. The quantitative estimate of drug-likeness (QED) is 0.651. The molecule has 18 heavy (non-hydrogen) atoms. The number of carbonyl (C=O) groups is 1. The standard InChI is InChI=1S/C14H20N2O2/c1-16(13-4-6-18-7-5-13)9-11-2-3-14(15)12(8-11)10-17/h2-3,8,10,13H,4-7,9,15H2,1H3. The van der Waals surface area contributed by atoms with E-state index in [9.17, 15) is 4.79 Å². The van der Waals surface area contributed by atoms with Crippen LogP contribution in [0, 0.1) is 0 Å². The summed E-state index contributed by atoms with van der Waals surface area (Å²) in [6, 6.07) is 6.23. The third kappa shape index (κ3) is 3.09. The van der Waals surface area contributed by atoms with Crippen molar-refractivity contribution in [1.82, 2.24) is 4.90 Å². The van der Waals surface area contributed by atoms with Gasteiger partial charge in [-0.3, -0.25) is 9.69 Å². The van der Waals surface area contributed by atoms with Gasteiger partial charge in [-0.2, -0.15) is 0 Å². The Kier molecular flexibility index (Phi) is 4.33. The number of nitrogens with zero attached hydrogens (tertiary/aromatic N) is 1. The van der Waals surface area contributed by atoms with E-state index >= 15 is 0 Å². The first kappa shape index (κ1) is 13.1. The third-order valence-corrected chi connectivity index (χ3v) is 3.52. The molecular formula is C14H20N2O2. The second kappa shape index (κ2) is 5.98. The minimum absolute atomic E-state index is 0.544. The van der Waals surface area contributed by atoms with Crippen LogP contribution in [0.1, 0.15) is 28.8 Å². The molecule has 1 aromatic carbocycles. The number of rotatable bonds is 4. The molecule has 0 bridgehead atoms. The molecule has 1 aliphatic heterocycles. The van der Waals surface area contributed by atoms with Gasteiger partial charge in [-0.25, -0.2) is 0 Å². The summed E-state index contributed by atoms with van der Waals surface area (Å²) in [7, 11) is 2.12. The maximum Gasteiger partial charge on any atom is 0.152 e. The van der Waals surface area contributed by atoms with Crippen LogP contribution in [-0.2, 0) is 11.3 Å². The molecule has 1 heterocycles. The second-order valence-corrected chi connectivity index (χ2v) is 4.84. The largest absolute Gasteiger partial charge is 0.398 e. The van der Waals surface area contributed by atoms with Gasteiger partial charge in [0.05, 0.1) is 0 Å². The fourth-order valence-corrected chi connectivity index (χ4v) is 2.37. The smallest absolute Gasteiger partial charge is 0.152 e. The second-order valence-electron chi connectivity index (χ2n) is 4.84. The van der Waals surface area contributed by atoms with E-state index in [4.69, 9.17) is 10.5 Å². The van der Waals surface area contributed by atoms with Gasteiger partial charge >= 0.3 is 0 Å². The summed E-state index contributed by atoms with van der Waals surface area (Å²) in [5, 5.41) is 0. The number of hydrogen-bond acceptors (Lipinski definition) is 4. The van der Waals surface area contributed by atoms with Gasteiger partial charge in [-0.1, -0.05) is 6.07 Å². The van der Waals surface area contributed by atoms with Crippen LogP contribution in [-0.4, -0.2) is 37.5 Å². The number of anilines is 1. The van der Waals surface area contributed by atoms with Crippen molar-refractivity contribution in [1.29, 1.82) is 0 Å². The van der Waals surface area contributed by atoms with E-state index in [1.54, 1.807) is 6.07 Å². The van der Waals surface area contributed by atoms with Crippen LogP contribution >= 0.6 is 0 Å². The molecule has 98 valence electrons. The summed E-state index contributed by atoms with van der Waals surface area (Å²) in [6.07, 6.45) is 2.96. The fourth-order valence-electron chi connectivity index (χ4n) is 2.37. The van der Waals surface area contributed by atoms with Crippen LogP contribution < -0.4 is 5.73 Å². The molecule has 0 spiro atoms. The average Bonchev–Trinajstić information content (AvgIpc) is 2.42. The zero-order valence-electron chi connectivity index (χ0n) is 10.8. The van der Waals surface area contributed by atoms with E-state index < -0.39 is 0 Å². The van der Waals surface area contributed by atoms with Gasteiger partial charge in [0.2, 0.25) is 0 Å². The van der Waals surface area contributed by atoms with E-state index in [0.29, 0.717) is 17.3 Å². The summed E-state index contributed by atoms with van der Waals surface area (Å²) in [4.78, 5) is 13.2. The molecule has 0 unspecified atom stereocenters. The van der Waals surface area contributed by atoms with Gasteiger partial charge in [0, 0.05) is 37.1 Å². The highest BCUT2D eigenvalue weighted by molar-refractivity contribution is 5.83. The van der Waals surface area contributed by atoms with E-state index in [0.717, 1.165) is 44.4 Å². The van der Waals surface area contributed by atoms with Crippen LogP contribution in [0.2, 0.25) is 0 Å². The molecule has 0 saturated carbocycles. The molecule has 4 heteroatoms. The van der Waals surface area contributed by atoms with Gasteiger partial charge in [0.1, 0.15) is 0 Å². The normalized spacial score (nSPS) is 17.0. The van der Waals surface area contributed by atoms with Crippen molar-refractivity contribution in [3.63, 3.8) is 0 Å². The number of carbonyl (C=O) groups excluding carboxylic acids is 1. The Morgan fingerprint density at radius 1 is 1.44 bits per heavy atom. The van der Waals surface area contributed by atoms with Crippen LogP contribution in [0.5, 0.6) is 0 Å². The van der Waals surface area contributed by atoms with E-state index in [2.05, 4.69) is 11.9 Å². The molecular weight excluding hydrogens is 228 g/mol. The molecule has 0 aliphatic carbocycles. The molecule has 4 nitrogen and oxygen atoms in total. The predicted octanol–water partition coefficient (Wildman–Crippen LogP) is 1.69. The highest BCUT2D eigenvalue weighted by Gasteiger charge is 2.18. The summed E-state index contributed by atoms with van der Waals surface area (Å²) in [5.41, 5.74) is 7.96. The zero-order valence-corrected chi connectivity index (χ0v) is 10.8. The van der Waals surface area contributed by atoms with Crippen LogP contribution in [0.3, 0.4) is 0 Å². The van der Waals surface area contributed by atoms with Crippen molar-refractivity contribution in [3.05, 3.63) is 29.3 Å². The maximum absolute atomic E-state index is 10.9. The Morgan fingerprint density at radius 2 is 2.17 bits per heavy atom. The van der Waals surface area contributed by atoms with Crippen molar-refractivity contribution in [3.8, 4) is 0 Å². The van der Waals surface area contributed by atoms with E-state index in [1.807, 2.05) is 12.1 Å². The van der Waals surface area contributed by atoms with Crippen molar-refractivity contribution < 1.29 is 9.53 Å². The zero-order chi connectivity index (χ0) is 13.0. The molecule has 1 fully saturated rings. The lowest BCUT2D eigenvalue weighted by atomic mass is 10.1. The van der Waals surface area contributed by atoms with Crippen molar-refractivity contribution in [2.75, 3.05) is 26.0 Å². The average molecular weight is 248 g/mol. The minimum atomic E-state index is 0.544. The summed E-state index contributed by atoms with van der Waals surface area (Å²) in [5.74, 6) is 0. The lowest BCUT2D eigenvalue weighted by Crippen LogP contribution is -2.36. The first-order valence-electron chi connectivity index (χ1n) is 6.32. The van der Waals surface area contributed by atoms with Crippen LogP contribution in [0.15, 0.2) is 18.2 Å². The van der Waals surface area contributed by atoms with Crippen molar-refractivity contribution >= 4 is 12.0 Å². The minimum Gasteiger partial charge on any atom is -0.398 e. The Morgan fingerprint density at radius 3 is 2.83 bits per heavy atom. The third-order valence-electron chi connectivity index (χ3n) is 3.52. The molecule has 0 aromatic heterocycles. The molecule has 2 N–H and O–H groups in total. The highest BCUT2D eigenvalue weighted by atomic mass is 16.5.